The predicted molar refractivity (Wildman–Crippen MR) is 77.2 cm³/mol. The van der Waals surface area contributed by atoms with E-state index in [9.17, 15) is 10.1 Å². The summed E-state index contributed by atoms with van der Waals surface area (Å²) in [6, 6.07) is 0. The molecule has 0 fully saturated rings. The molecule has 0 aliphatic carbocycles. The molecule has 0 atom stereocenters. The summed E-state index contributed by atoms with van der Waals surface area (Å²) < 4.78 is 0. The minimum atomic E-state index is -0.499. The van der Waals surface area contributed by atoms with Crippen LogP contribution >= 0.6 is 11.3 Å². The first-order valence-electron chi connectivity index (χ1n) is 6.08. The van der Waals surface area contributed by atoms with Crippen LogP contribution in [0.4, 0.5) is 17.5 Å². The zero-order chi connectivity index (χ0) is 14.4. The van der Waals surface area contributed by atoms with Gasteiger partial charge in [-0.3, -0.25) is 10.1 Å². The van der Waals surface area contributed by atoms with Crippen LogP contribution in [0.15, 0.2) is 17.8 Å². The Labute approximate surface area is 119 Å². The van der Waals surface area contributed by atoms with Crippen molar-refractivity contribution in [2.45, 2.75) is 13.3 Å². The van der Waals surface area contributed by atoms with Gasteiger partial charge in [-0.2, -0.15) is 4.98 Å². The third-order valence-electron chi connectivity index (χ3n) is 2.42. The van der Waals surface area contributed by atoms with E-state index in [4.69, 9.17) is 0 Å². The van der Waals surface area contributed by atoms with Gasteiger partial charge in [-0.15, -0.1) is 11.3 Å². The molecule has 0 bridgehead atoms. The summed E-state index contributed by atoms with van der Waals surface area (Å²) in [4.78, 5) is 22.6. The Kier molecular flexibility index (Phi) is 4.77. The number of anilines is 2. The second-order valence-electron chi connectivity index (χ2n) is 3.82. The van der Waals surface area contributed by atoms with Gasteiger partial charge in [-0.25, -0.2) is 9.97 Å². The molecule has 2 rings (SSSR count). The van der Waals surface area contributed by atoms with E-state index in [0.29, 0.717) is 25.5 Å². The Morgan fingerprint density at radius 1 is 1.40 bits per heavy atom. The molecule has 9 heteroatoms. The number of hydrogen-bond donors (Lipinski definition) is 2. The van der Waals surface area contributed by atoms with Crippen LogP contribution in [0.25, 0.3) is 0 Å². The van der Waals surface area contributed by atoms with Crippen molar-refractivity contribution in [3.63, 3.8) is 0 Å². The average molecular weight is 294 g/mol. The second kappa shape index (κ2) is 6.75. The van der Waals surface area contributed by atoms with Crippen LogP contribution in [0.3, 0.4) is 0 Å². The largest absolute Gasteiger partial charge is 0.364 e. The maximum atomic E-state index is 10.9. The first-order valence-corrected chi connectivity index (χ1v) is 6.96. The third kappa shape index (κ3) is 3.60. The highest BCUT2D eigenvalue weighted by atomic mass is 32.1. The minimum Gasteiger partial charge on any atom is -0.364 e. The van der Waals surface area contributed by atoms with Crippen LogP contribution in [0.2, 0.25) is 0 Å². The SMILES string of the molecule is CCNc1ncc([N+](=O)[O-])c(NCCc2nccs2)n1. The van der Waals surface area contributed by atoms with Gasteiger partial charge in [0.1, 0.15) is 6.20 Å². The van der Waals surface area contributed by atoms with Crippen LogP contribution < -0.4 is 10.6 Å². The molecule has 2 aromatic rings. The number of hydrogen-bond acceptors (Lipinski definition) is 8. The van der Waals surface area contributed by atoms with Crippen molar-refractivity contribution in [1.82, 2.24) is 15.0 Å². The Hall–Kier alpha value is -2.29. The lowest BCUT2D eigenvalue weighted by atomic mass is 10.4. The van der Waals surface area contributed by atoms with E-state index < -0.39 is 4.92 Å². The number of nitrogens with zero attached hydrogens (tertiary/aromatic N) is 4. The lowest BCUT2D eigenvalue weighted by molar-refractivity contribution is -0.384. The monoisotopic (exact) mass is 294 g/mol. The van der Waals surface area contributed by atoms with E-state index in [1.165, 1.54) is 6.20 Å². The fourth-order valence-corrected chi connectivity index (χ4v) is 2.17. The minimum absolute atomic E-state index is 0.134. The van der Waals surface area contributed by atoms with Crippen LogP contribution in [0.5, 0.6) is 0 Å². The topological polar surface area (TPSA) is 106 Å². The molecule has 0 spiro atoms. The van der Waals surface area contributed by atoms with Crippen LogP contribution in [-0.4, -0.2) is 33.0 Å². The predicted octanol–water partition coefficient (Wildman–Crippen LogP) is 1.93. The van der Waals surface area contributed by atoms with E-state index in [0.717, 1.165) is 5.01 Å². The van der Waals surface area contributed by atoms with Crippen molar-refractivity contribution in [1.29, 1.82) is 0 Å². The fourth-order valence-electron chi connectivity index (χ4n) is 1.55. The highest BCUT2D eigenvalue weighted by molar-refractivity contribution is 7.09. The fraction of sp³-hybridized carbons (Fsp3) is 0.364. The molecule has 2 heterocycles. The van der Waals surface area contributed by atoms with Crippen LogP contribution in [-0.2, 0) is 6.42 Å². The van der Waals surface area contributed by atoms with Gasteiger partial charge in [0, 0.05) is 31.1 Å². The molecular weight excluding hydrogens is 280 g/mol. The quantitative estimate of drug-likeness (QED) is 0.593. The van der Waals surface area contributed by atoms with Gasteiger partial charge in [-0.05, 0) is 6.92 Å². The molecule has 2 aromatic heterocycles. The van der Waals surface area contributed by atoms with Gasteiger partial charge in [0.05, 0.1) is 9.93 Å². The summed E-state index contributed by atoms with van der Waals surface area (Å²) in [6.07, 6.45) is 3.63. The summed E-state index contributed by atoms with van der Waals surface area (Å²) in [5.74, 6) is 0.590. The lowest BCUT2D eigenvalue weighted by Gasteiger charge is -2.07. The number of aromatic nitrogens is 3. The maximum Gasteiger partial charge on any atom is 0.329 e. The van der Waals surface area contributed by atoms with E-state index in [1.807, 2.05) is 12.3 Å². The zero-order valence-electron chi connectivity index (χ0n) is 10.9. The molecule has 106 valence electrons. The van der Waals surface area contributed by atoms with E-state index in [2.05, 4.69) is 25.6 Å². The summed E-state index contributed by atoms with van der Waals surface area (Å²) in [6.45, 7) is 3.08. The van der Waals surface area contributed by atoms with E-state index in [-0.39, 0.29) is 11.5 Å². The number of nitrogens with one attached hydrogen (secondary N) is 2. The van der Waals surface area contributed by atoms with Crippen molar-refractivity contribution >= 4 is 28.8 Å². The first kappa shape index (κ1) is 14.1. The summed E-state index contributed by atoms with van der Waals surface area (Å²) >= 11 is 1.55. The van der Waals surface area contributed by atoms with Crippen LogP contribution in [0.1, 0.15) is 11.9 Å². The van der Waals surface area contributed by atoms with Crippen molar-refractivity contribution in [3.8, 4) is 0 Å². The van der Waals surface area contributed by atoms with Gasteiger partial charge in [0.25, 0.3) is 0 Å². The molecule has 0 aliphatic rings. The van der Waals surface area contributed by atoms with Crippen LogP contribution in [0, 0.1) is 10.1 Å². The molecule has 2 N–H and O–H groups in total. The molecule has 0 radical (unpaired) electrons. The Morgan fingerprint density at radius 3 is 2.90 bits per heavy atom. The molecule has 0 unspecified atom stereocenters. The van der Waals surface area contributed by atoms with Gasteiger partial charge < -0.3 is 10.6 Å². The number of nitro groups is 1. The molecule has 0 saturated carbocycles. The molecule has 8 nitrogen and oxygen atoms in total. The molecule has 0 amide bonds. The molecular formula is C11H14N6O2S. The Balaban J connectivity index is 2.06. The van der Waals surface area contributed by atoms with Gasteiger partial charge in [-0.1, -0.05) is 0 Å². The van der Waals surface area contributed by atoms with Gasteiger partial charge in [0.2, 0.25) is 11.8 Å². The smallest absolute Gasteiger partial charge is 0.329 e. The summed E-state index contributed by atoms with van der Waals surface area (Å²) in [5, 5.41) is 19.7. The highest BCUT2D eigenvalue weighted by Gasteiger charge is 2.16. The maximum absolute atomic E-state index is 10.9. The standard InChI is InChI=1S/C11H14N6O2S/c1-2-12-11-15-7-8(17(18)19)10(16-11)14-4-3-9-13-5-6-20-9/h5-7H,2-4H2,1H3,(H2,12,14,15,16). The summed E-state index contributed by atoms with van der Waals surface area (Å²) in [5.41, 5.74) is -0.134. The molecule has 0 aliphatic heterocycles. The average Bonchev–Trinajstić information content (AvgIpc) is 2.92. The van der Waals surface area contributed by atoms with Gasteiger partial charge in [0.15, 0.2) is 0 Å². The number of rotatable bonds is 7. The molecule has 0 aromatic carbocycles. The number of thiazole rings is 1. The van der Waals surface area contributed by atoms with E-state index in [1.54, 1.807) is 17.5 Å². The summed E-state index contributed by atoms with van der Waals surface area (Å²) in [7, 11) is 0. The second-order valence-corrected chi connectivity index (χ2v) is 4.80. The first-order chi connectivity index (χ1) is 9.70. The third-order valence-corrected chi connectivity index (χ3v) is 3.26. The lowest BCUT2D eigenvalue weighted by Crippen LogP contribution is -2.11. The molecule has 0 saturated heterocycles. The van der Waals surface area contributed by atoms with Crippen molar-refractivity contribution in [2.24, 2.45) is 0 Å². The highest BCUT2D eigenvalue weighted by Crippen LogP contribution is 2.21. The van der Waals surface area contributed by atoms with E-state index >= 15 is 0 Å². The Bertz CT molecular complexity index is 574. The molecule has 20 heavy (non-hydrogen) atoms. The zero-order valence-corrected chi connectivity index (χ0v) is 11.7. The van der Waals surface area contributed by atoms with Crippen molar-refractivity contribution < 1.29 is 4.92 Å². The van der Waals surface area contributed by atoms with Crippen molar-refractivity contribution in [2.75, 3.05) is 23.7 Å². The van der Waals surface area contributed by atoms with Gasteiger partial charge >= 0.3 is 5.69 Å². The normalized spacial score (nSPS) is 10.2. The van der Waals surface area contributed by atoms with Crippen molar-refractivity contribution in [3.05, 3.63) is 32.9 Å². The Morgan fingerprint density at radius 2 is 2.25 bits per heavy atom.